The quantitative estimate of drug-likeness (QED) is 0.676. The van der Waals surface area contributed by atoms with Gasteiger partial charge in [0.05, 0.1) is 7.11 Å². The summed E-state index contributed by atoms with van der Waals surface area (Å²) in [6.45, 7) is 8.42. The molecule has 1 saturated heterocycles. The molecule has 0 bridgehead atoms. The van der Waals surface area contributed by atoms with Gasteiger partial charge in [0.2, 0.25) is 0 Å². The third-order valence-electron chi connectivity index (χ3n) is 5.00. The molecule has 0 amide bonds. The fourth-order valence-corrected chi connectivity index (χ4v) is 3.49. The molecule has 0 spiro atoms. The molecule has 5 heteroatoms. The van der Waals surface area contributed by atoms with Crippen LogP contribution in [0.4, 0.5) is 5.69 Å². The number of rotatable bonds is 9. The summed E-state index contributed by atoms with van der Waals surface area (Å²) in [5.74, 6) is 1.34. The molecule has 1 aliphatic rings. The lowest BCUT2D eigenvalue weighted by molar-refractivity contribution is 0.0653. The van der Waals surface area contributed by atoms with Gasteiger partial charge in [-0.2, -0.15) is 0 Å². The van der Waals surface area contributed by atoms with Gasteiger partial charge < -0.3 is 19.5 Å². The lowest BCUT2D eigenvalue weighted by Crippen LogP contribution is -2.49. The number of aliphatic hydroxyl groups excluding tert-OH is 1. The molecule has 1 N–H and O–H groups in total. The number of benzene rings is 2. The molecule has 0 saturated carbocycles. The molecular weight excluding hydrogens is 352 g/mol. The van der Waals surface area contributed by atoms with Gasteiger partial charge in [-0.1, -0.05) is 30.3 Å². The number of ether oxygens (including phenoxy) is 2. The Morgan fingerprint density at radius 1 is 1.07 bits per heavy atom. The van der Waals surface area contributed by atoms with Crippen molar-refractivity contribution in [2.45, 2.75) is 12.5 Å². The van der Waals surface area contributed by atoms with Crippen LogP contribution in [0.3, 0.4) is 0 Å². The molecule has 0 aliphatic carbocycles. The van der Waals surface area contributed by atoms with Crippen molar-refractivity contribution in [3.63, 3.8) is 0 Å². The second-order valence-corrected chi connectivity index (χ2v) is 7.07. The van der Waals surface area contributed by atoms with E-state index in [1.54, 1.807) is 7.11 Å². The Kier molecular flexibility index (Phi) is 7.34. The number of allylic oxidation sites excluding steroid dienone is 1. The van der Waals surface area contributed by atoms with E-state index in [0.29, 0.717) is 18.0 Å². The second-order valence-electron chi connectivity index (χ2n) is 7.07. The van der Waals surface area contributed by atoms with Crippen molar-refractivity contribution in [3.8, 4) is 11.5 Å². The number of hydrogen-bond donors (Lipinski definition) is 1. The van der Waals surface area contributed by atoms with Crippen LogP contribution in [0, 0.1) is 0 Å². The van der Waals surface area contributed by atoms with Gasteiger partial charge in [-0.05, 0) is 36.2 Å². The molecule has 5 nitrogen and oxygen atoms in total. The van der Waals surface area contributed by atoms with E-state index in [4.69, 9.17) is 9.47 Å². The Balaban J connectivity index is 1.45. The zero-order chi connectivity index (χ0) is 19.8. The van der Waals surface area contributed by atoms with Crippen molar-refractivity contribution >= 4 is 5.69 Å². The van der Waals surface area contributed by atoms with Crippen molar-refractivity contribution in [2.75, 3.05) is 51.3 Å². The average molecular weight is 383 g/mol. The molecule has 2 aromatic rings. The number of methoxy groups -OCH3 is 1. The van der Waals surface area contributed by atoms with Gasteiger partial charge in [-0.25, -0.2) is 0 Å². The van der Waals surface area contributed by atoms with E-state index in [1.807, 2.05) is 30.3 Å². The topological polar surface area (TPSA) is 45.2 Å². The van der Waals surface area contributed by atoms with Gasteiger partial charge in [0.1, 0.15) is 12.7 Å². The van der Waals surface area contributed by atoms with Gasteiger partial charge in [0, 0.05) is 38.4 Å². The maximum atomic E-state index is 10.4. The number of para-hydroxylation sites is 1. The molecule has 1 fully saturated rings. The minimum atomic E-state index is -0.541. The van der Waals surface area contributed by atoms with Crippen LogP contribution in [0.1, 0.15) is 5.56 Å². The number of piperazine rings is 1. The smallest absolute Gasteiger partial charge is 0.161 e. The Morgan fingerprint density at radius 2 is 1.82 bits per heavy atom. The average Bonchev–Trinajstić information content (AvgIpc) is 2.74. The fraction of sp³-hybridized carbons (Fsp3) is 0.391. The third-order valence-corrected chi connectivity index (χ3v) is 5.00. The molecule has 0 radical (unpaired) electrons. The Morgan fingerprint density at radius 3 is 2.50 bits per heavy atom. The highest BCUT2D eigenvalue weighted by Gasteiger charge is 2.20. The van der Waals surface area contributed by atoms with E-state index in [-0.39, 0.29) is 6.61 Å². The number of β-amino-alcohol motifs (C(OH)–C–C–N with tert-alkyl or cyclic N) is 1. The summed E-state index contributed by atoms with van der Waals surface area (Å²) >= 11 is 0. The highest BCUT2D eigenvalue weighted by Crippen LogP contribution is 2.28. The Hall–Kier alpha value is -2.50. The number of hydrogen-bond acceptors (Lipinski definition) is 5. The first-order valence-corrected chi connectivity index (χ1v) is 9.80. The standard InChI is InChI=1S/C23H30N2O3/c1-3-7-19-10-11-22(23(16-19)27-2)28-18-21(26)17-24-12-14-25(15-13-24)20-8-5-4-6-9-20/h3-6,8-11,16,21,26H,1,7,12-15,17-18H2,2H3/t21-/m1/s1. The Labute approximate surface area is 167 Å². The first kappa shape index (κ1) is 20.2. The molecule has 1 aliphatic heterocycles. The van der Waals surface area contributed by atoms with E-state index in [2.05, 4.69) is 40.6 Å². The SMILES string of the molecule is C=CCc1ccc(OC[C@H](O)CN2CCN(c3ccccc3)CC2)c(OC)c1. The predicted octanol–water partition coefficient (Wildman–Crippen LogP) is 2.99. The molecule has 0 unspecified atom stereocenters. The summed E-state index contributed by atoms with van der Waals surface area (Å²) in [6, 6.07) is 16.3. The lowest BCUT2D eigenvalue weighted by atomic mass is 10.1. The van der Waals surface area contributed by atoms with Crippen LogP contribution in [-0.4, -0.2) is 62.6 Å². The van der Waals surface area contributed by atoms with Crippen LogP contribution in [0.25, 0.3) is 0 Å². The van der Waals surface area contributed by atoms with E-state index < -0.39 is 6.10 Å². The van der Waals surface area contributed by atoms with Gasteiger partial charge in [-0.3, -0.25) is 4.90 Å². The molecular formula is C23H30N2O3. The van der Waals surface area contributed by atoms with Crippen molar-refractivity contribution < 1.29 is 14.6 Å². The van der Waals surface area contributed by atoms with E-state index in [1.165, 1.54) is 5.69 Å². The summed E-state index contributed by atoms with van der Waals surface area (Å²) < 4.78 is 11.2. The minimum absolute atomic E-state index is 0.246. The van der Waals surface area contributed by atoms with Crippen LogP contribution in [0.5, 0.6) is 11.5 Å². The van der Waals surface area contributed by atoms with E-state index in [9.17, 15) is 5.11 Å². The summed E-state index contributed by atoms with van der Waals surface area (Å²) in [5, 5.41) is 10.4. The number of nitrogens with zero attached hydrogens (tertiary/aromatic N) is 2. The first-order chi connectivity index (χ1) is 13.7. The fourth-order valence-electron chi connectivity index (χ4n) is 3.49. The first-order valence-electron chi connectivity index (χ1n) is 9.80. The largest absolute Gasteiger partial charge is 0.493 e. The second kappa shape index (κ2) is 10.2. The third kappa shape index (κ3) is 5.50. The summed E-state index contributed by atoms with van der Waals surface area (Å²) in [7, 11) is 1.63. The molecule has 28 heavy (non-hydrogen) atoms. The summed E-state index contributed by atoms with van der Waals surface area (Å²) in [6.07, 6.45) is 2.10. The highest BCUT2D eigenvalue weighted by atomic mass is 16.5. The zero-order valence-corrected chi connectivity index (χ0v) is 16.6. The van der Waals surface area contributed by atoms with Crippen LogP contribution >= 0.6 is 0 Å². The molecule has 0 aromatic heterocycles. The minimum Gasteiger partial charge on any atom is -0.493 e. The molecule has 1 heterocycles. The van der Waals surface area contributed by atoms with Gasteiger partial charge >= 0.3 is 0 Å². The van der Waals surface area contributed by atoms with Crippen molar-refractivity contribution in [1.29, 1.82) is 0 Å². The predicted molar refractivity (Wildman–Crippen MR) is 113 cm³/mol. The van der Waals surface area contributed by atoms with Crippen molar-refractivity contribution in [3.05, 3.63) is 66.7 Å². The summed E-state index contributed by atoms with van der Waals surface area (Å²) in [4.78, 5) is 4.67. The summed E-state index contributed by atoms with van der Waals surface area (Å²) in [5.41, 5.74) is 2.38. The van der Waals surface area contributed by atoms with E-state index in [0.717, 1.165) is 38.2 Å². The van der Waals surface area contributed by atoms with Crippen LogP contribution < -0.4 is 14.4 Å². The maximum absolute atomic E-state index is 10.4. The molecule has 2 aromatic carbocycles. The molecule has 150 valence electrons. The normalized spacial score (nSPS) is 15.9. The maximum Gasteiger partial charge on any atom is 0.161 e. The molecule has 1 atom stereocenters. The van der Waals surface area contributed by atoms with Gasteiger partial charge in [0.15, 0.2) is 11.5 Å². The van der Waals surface area contributed by atoms with E-state index >= 15 is 0 Å². The zero-order valence-electron chi connectivity index (χ0n) is 16.6. The highest BCUT2D eigenvalue weighted by molar-refractivity contribution is 5.46. The van der Waals surface area contributed by atoms with Gasteiger partial charge in [0.25, 0.3) is 0 Å². The Bertz CT molecular complexity index is 743. The number of anilines is 1. The van der Waals surface area contributed by atoms with Crippen LogP contribution in [0.15, 0.2) is 61.2 Å². The van der Waals surface area contributed by atoms with Crippen molar-refractivity contribution in [1.82, 2.24) is 4.90 Å². The van der Waals surface area contributed by atoms with Gasteiger partial charge in [-0.15, -0.1) is 6.58 Å². The lowest BCUT2D eigenvalue weighted by Gasteiger charge is -2.36. The van der Waals surface area contributed by atoms with Crippen molar-refractivity contribution in [2.24, 2.45) is 0 Å². The van der Waals surface area contributed by atoms with Crippen LogP contribution in [-0.2, 0) is 6.42 Å². The monoisotopic (exact) mass is 382 g/mol. The van der Waals surface area contributed by atoms with Crippen LogP contribution in [0.2, 0.25) is 0 Å². The number of aliphatic hydroxyl groups is 1. The molecule has 3 rings (SSSR count).